The molecule has 1 fully saturated rings. The Morgan fingerprint density at radius 3 is 2.38 bits per heavy atom. The Morgan fingerprint density at radius 1 is 1.14 bits per heavy atom. The normalized spacial score (nSPS) is 26.7. The van der Waals surface area contributed by atoms with E-state index in [1.165, 1.54) is 6.42 Å². The van der Waals surface area contributed by atoms with Gasteiger partial charge in [0.15, 0.2) is 0 Å². The van der Waals surface area contributed by atoms with Crippen LogP contribution in [-0.2, 0) is 5.60 Å². The van der Waals surface area contributed by atoms with Crippen molar-refractivity contribution in [1.29, 1.82) is 0 Å². The fraction of sp³-hybridized carbons (Fsp3) is 0.684. The number of rotatable bonds is 2. The molecule has 0 aliphatic heterocycles. The highest BCUT2D eigenvalue weighted by Gasteiger charge is 2.46. The molecule has 0 aromatic heterocycles. The van der Waals surface area contributed by atoms with Crippen molar-refractivity contribution < 1.29 is 9.84 Å². The van der Waals surface area contributed by atoms with Gasteiger partial charge in [-0.15, -0.1) is 0 Å². The Kier molecular flexibility index (Phi) is 4.39. The van der Waals surface area contributed by atoms with Crippen molar-refractivity contribution in [3.05, 3.63) is 28.8 Å². The van der Waals surface area contributed by atoms with E-state index in [9.17, 15) is 5.11 Å². The fourth-order valence-corrected chi connectivity index (χ4v) is 4.10. The zero-order valence-electron chi connectivity index (χ0n) is 14.4. The molecule has 0 heterocycles. The van der Waals surface area contributed by atoms with Gasteiger partial charge in [-0.3, -0.25) is 0 Å². The van der Waals surface area contributed by atoms with Crippen molar-refractivity contribution >= 4 is 0 Å². The first-order chi connectivity index (χ1) is 9.70. The summed E-state index contributed by atoms with van der Waals surface area (Å²) in [5, 5.41) is 11.6. The number of methoxy groups -OCH3 is 1. The highest BCUT2D eigenvalue weighted by atomic mass is 16.5. The lowest BCUT2D eigenvalue weighted by atomic mass is 9.61. The zero-order valence-corrected chi connectivity index (χ0v) is 14.4. The van der Waals surface area contributed by atoms with Gasteiger partial charge < -0.3 is 9.84 Å². The van der Waals surface area contributed by atoms with E-state index in [0.29, 0.717) is 5.92 Å². The van der Waals surface area contributed by atoms with Crippen LogP contribution >= 0.6 is 0 Å². The first-order valence-electron chi connectivity index (χ1n) is 8.08. The Labute approximate surface area is 129 Å². The van der Waals surface area contributed by atoms with E-state index in [1.54, 1.807) is 7.11 Å². The Bertz CT molecular complexity index is 513. The van der Waals surface area contributed by atoms with Crippen molar-refractivity contribution in [2.24, 2.45) is 11.3 Å². The standard InChI is InChI=1S/C19H30O2/c1-13-12-16(21-6)14(2)11-15(13)19(20)10-8-7-9-17(19)18(3,4)5/h11-12,17,20H,7-10H2,1-6H3. The lowest BCUT2D eigenvalue weighted by Gasteiger charge is -2.48. The van der Waals surface area contributed by atoms with Crippen LogP contribution in [0.15, 0.2) is 12.1 Å². The van der Waals surface area contributed by atoms with E-state index < -0.39 is 5.60 Å². The fourth-order valence-electron chi connectivity index (χ4n) is 4.10. The lowest BCUT2D eigenvalue weighted by Crippen LogP contribution is -2.45. The number of aliphatic hydroxyl groups is 1. The molecular weight excluding hydrogens is 260 g/mol. The van der Waals surface area contributed by atoms with Crippen molar-refractivity contribution in [3.63, 3.8) is 0 Å². The third-order valence-corrected chi connectivity index (χ3v) is 5.13. The summed E-state index contributed by atoms with van der Waals surface area (Å²) >= 11 is 0. The number of benzene rings is 1. The van der Waals surface area contributed by atoms with Gasteiger partial charge in [0.2, 0.25) is 0 Å². The van der Waals surface area contributed by atoms with Gasteiger partial charge in [0.25, 0.3) is 0 Å². The highest BCUT2D eigenvalue weighted by Crippen LogP contribution is 2.50. The average Bonchev–Trinajstić information content (AvgIpc) is 2.40. The molecule has 2 heteroatoms. The molecule has 118 valence electrons. The van der Waals surface area contributed by atoms with Gasteiger partial charge in [-0.05, 0) is 66.8 Å². The molecule has 1 aromatic carbocycles. The van der Waals surface area contributed by atoms with Crippen LogP contribution in [0.4, 0.5) is 0 Å². The van der Waals surface area contributed by atoms with Crippen LogP contribution < -0.4 is 4.74 Å². The maximum Gasteiger partial charge on any atom is 0.122 e. The Morgan fingerprint density at radius 2 is 1.81 bits per heavy atom. The van der Waals surface area contributed by atoms with E-state index in [0.717, 1.165) is 41.7 Å². The third-order valence-electron chi connectivity index (χ3n) is 5.13. The first-order valence-corrected chi connectivity index (χ1v) is 8.08. The van der Waals surface area contributed by atoms with Crippen LogP contribution in [0, 0.1) is 25.2 Å². The van der Waals surface area contributed by atoms with E-state index in [1.807, 2.05) is 0 Å². The minimum atomic E-state index is -0.711. The zero-order chi connectivity index (χ0) is 15.8. The molecule has 0 spiro atoms. The largest absolute Gasteiger partial charge is 0.496 e. The molecule has 2 rings (SSSR count). The second-order valence-electron chi connectivity index (χ2n) is 7.73. The Balaban J connectivity index is 2.53. The summed E-state index contributed by atoms with van der Waals surface area (Å²) in [6.07, 6.45) is 4.29. The lowest BCUT2D eigenvalue weighted by molar-refractivity contribution is -0.0963. The molecule has 1 aromatic rings. The van der Waals surface area contributed by atoms with Crippen LogP contribution in [0.2, 0.25) is 0 Å². The molecule has 1 N–H and O–H groups in total. The van der Waals surface area contributed by atoms with Crippen LogP contribution in [0.1, 0.15) is 63.1 Å². The summed E-state index contributed by atoms with van der Waals surface area (Å²) in [5.74, 6) is 1.20. The van der Waals surface area contributed by atoms with Gasteiger partial charge in [-0.25, -0.2) is 0 Å². The monoisotopic (exact) mass is 290 g/mol. The van der Waals surface area contributed by atoms with Crippen LogP contribution in [0.25, 0.3) is 0 Å². The predicted octanol–water partition coefficient (Wildman–Crippen LogP) is 4.74. The average molecular weight is 290 g/mol. The topological polar surface area (TPSA) is 29.5 Å². The van der Waals surface area contributed by atoms with Crippen molar-refractivity contribution in [2.45, 2.75) is 65.9 Å². The van der Waals surface area contributed by atoms with Crippen molar-refractivity contribution in [1.82, 2.24) is 0 Å². The smallest absolute Gasteiger partial charge is 0.122 e. The minimum Gasteiger partial charge on any atom is -0.496 e. The van der Waals surface area contributed by atoms with Crippen molar-refractivity contribution in [2.75, 3.05) is 7.11 Å². The van der Waals surface area contributed by atoms with Gasteiger partial charge in [0, 0.05) is 0 Å². The molecule has 0 saturated heterocycles. The molecule has 1 saturated carbocycles. The Hall–Kier alpha value is -1.02. The van der Waals surface area contributed by atoms with E-state index in [-0.39, 0.29) is 5.41 Å². The molecule has 21 heavy (non-hydrogen) atoms. The molecule has 0 bridgehead atoms. The summed E-state index contributed by atoms with van der Waals surface area (Å²) in [5.41, 5.74) is 2.73. The first kappa shape index (κ1) is 16.4. The van der Waals surface area contributed by atoms with Gasteiger partial charge in [-0.2, -0.15) is 0 Å². The molecular formula is C19H30O2. The van der Waals surface area contributed by atoms with Crippen LogP contribution in [0.5, 0.6) is 5.75 Å². The van der Waals surface area contributed by atoms with Gasteiger partial charge in [0.1, 0.15) is 5.75 Å². The summed E-state index contributed by atoms with van der Waals surface area (Å²) in [7, 11) is 1.70. The maximum atomic E-state index is 11.6. The van der Waals surface area contributed by atoms with E-state index in [4.69, 9.17) is 4.74 Å². The number of hydrogen-bond acceptors (Lipinski definition) is 2. The molecule has 0 radical (unpaired) electrons. The van der Waals surface area contributed by atoms with Gasteiger partial charge in [-0.1, -0.05) is 33.6 Å². The number of aryl methyl sites for hydroxylation is 2. The highest BCUT2D eigenvalue weighted by molar-refractivity contribution is 5.44. The second kappa shape index (κ2) is 5.64. The van der Waals surface area contributed by atoms with E-state index >= 15 is 0 Å². The molecule has 2 nitrogen and oxygen atoms in total. The van der Waals surface area contributed by atoms with Gasteiger partial charge >= 0.3 is 0 Å². The van der Waals surface area contributed by atoms with Gasteiger partial charge in [0.05, 0.1) is 12.7 Å². The second-order valence-corrected chi connectivity index (χ2v) is 7.73. The van der Waals surface area contributed by atoms with E-state index in [2.05, 4.69) is 46.8 Å². The summed E-state index contributed by atoms with van der Waals surface area (Å²) < 4.78 is 5.41. The predicted molar refractivity (Wildman–Crippen MR) is 87.8 cm³/mol. The molecule has 1 aliphatic rings. The SMILES string of the molecule is COc1cc(C)c(C2(O)CCCCC2C(C)(C)C)cc1C. The van der Waals surface area contributed by atoms with Crippen LogP contribution in [-0.4, -0.2) is 12.2 Å². The summed E-state index contributed by atoms with van der Waals surface area (Å²) in [6.45, 7) is 10.9. The number of ether oxygens (including phenoxy) is 1. The van der Waals surface area contributed by atoms with Crippen LogP contribution in [0.3, 0.4) is 0 Å². The molecule has 0 amide bonds. The summed E-state index contributed by atoms with van der Waals surface area (Å²) in [6, 6.07) is 4.20. The molecule has 2 atom stereocenters. The third kappa shape index (κ3) is 2.96. The summed E-state index contributed by atoms with van der Waals surface area (Å²) in [4.78, 5) is 0. The van der Waals surface area contributed by atoms with Crippen molar-refractivity contribution in [3.8, 4) is 5.75 Å². The maximum absolute atomic E-state index is 11.6. The minimum absolute atomic E-state index is 0.107. The number of hydrogen-bond donors (Lipinski definition) is 1. The molecule has 1 aliphatic carbocycles. The quantitative estimate of drug-likeness (QED) is 0.852. The molecule has 2 unspecified atom stereocenters.